The van der Waals surface area contributed by atoms with E-state index in [0.29, 0.717) is 0 Å². The third-order valence-electron chi connectivity index (χ3n) is 2.64. The van der Waals surface area contributed by atoms with Gasteiger partial charge in [0.05, 0.1) is 0 Å². The zero-order chi connectivity index (χ0) is 13.8. The molecular weight excluding hydrogens is 228 g/mol. The van der Waals surface area contributed by atoms with Crippen LogP contribution in [0.25, 0.3) is 0 Å². The molecule has 3 heteroatoms. The van der Waals surface area contributed by atoms with Crippen LogP contribution in [0, 0.1) is 6.92 Å². The highest BCUT2D eigenvalue weighted by Crippen LogP contribution is 2.27. The molecule has 0 aliphatic carbocycles. The van der Waals surface area contributed by atoms with Gasteiger partial charge < -0.3 is 9.84 Å². The van der Waals surface area contributed by atoms with Crippen LogP contribution in [0.1, 0.15) is 31.9 Å². The van der Waals surface area contributed by atoms with Crippen LogP contribution in [0.5, 0.6) is 5.75 Å². The summed E-state index contributed by atoms with van der Waals surface area (Å²) in [7, 11) is 0. The second kappa shape index (κ2) is 5.71. The molecule has 0 aromatic heterocycles. The summed E-state index contributed by atoms with van der Waals surface area (Å²) in [5.41, 5.74) is 2.44. The van der Waals surface area contributed by atoms with Crippen LogP contribution in [0.15, 0.2) is 30.4 Å². The van der Waals surface area contributed by atoms with Crippen molar-refractivity contribution < 1.29 is 14.6 Å². The molecule has 1 aromatic rings. The van der Waals surface area contributed by atoms with E-state index in [9.17, 15) is 4.79 Å². The van der Waals surface area contributed by atoms with Crippen LogP contribution in [0.3, 0.4) is 0 Å². The first-order chi connectivity index (χ1) is 8.30. The van der Waals surface area contributed by atoms with Gasteiger partial charge in [-0.2, -0.15) is 0 Å². The molecule has 0 spiro atoms. The normalized spacial score (nSPS) is 11.8. The van der Waals surface area contributed by atoms with E-state index in [2.05, 4.69) is 26.8 Å². The summed E-state index contributed by atoms with van der Waals surface area (Å²) in [6, 6.07) is 6.09. The molecule has 0 saturated carbocycles. The first-order valence-electron chi connectivity index (χ1n) is 5.94. The predicted octanol–water partition coefficient (Wildman–Crippen LogP) is 3.31. The zero-order valence-corrected chi connectivity index (χ0v) is 11.4. The van der Waals surface area contributed by atoms with E-state index in [1.54, 1.807) is 0 Å². The lowest BCUT2D eigenvalue weighted by Crippen LogP contribution is -2.11. The molecule has 0 aliphatic heterocycles. The molecular formula is C15H20O3. The van der Waals surface area contributed by atoms with Gasteiger partial charge in [0.15, 0.2) is 0 Å². The number of rotatable bonds is 4. The number of ether oxygens (including phenoxy) is 1. The Balaban J connectivity index is 2.72. The number of hydrogen-bond acceptors (Lipinski definition) is 2. The second-order valence-electron chi connectivity index (χ2n) is 5.28. The standard InChI is InChI=1S/C15H20O3/c1-11-10-12(15(2,3)4)7-8-13(11)18-9-5-6-14(16)17/h5-8,10H,9H2,1-4H3,(H,16,17)/b6-5+. The maximum Gasteiger partial charge on any atom is 0.328 e. The van der Waals surface area contributed by atoms with Gasteiger partial charge in [0.2, 0.25) is 0 Å². The SMILES string of the molecule is Cc1cc(C(C)(C)C)ccc1OC/C=C/C(=O)O. The molecule has 1 rings (SSSR count). The Kier molecular flexibility index (Phi) is 4.54. The van der Waals surface area contributed by atoms with E-state index in [-0.39, 0.29) is 12.0 Å². The van der Waals surface area contributed by atoms with Crippen molar-refractivity contribution in [1.82, 2.24) is 0 Å². The Morgan fingerprint density at radius 3 is 2.56 bits per heavy atom. The van der Waals surface area contributed by atoms with E-state index in [0.717, 1.165) is 17.4 Å². The van der Waals surface area contributed by atoms with Crippen molar-refractivity contribution in [3.8, 4) is 5.75 Å². The Hall–Kier alpha value is -1.77. The van der Waals surface area contributed by atoms with Crippen LogP contribution in [0.4, 0.5) is 0 Å². The van der Waals surface area contributed by atoms with Gasteiger partial charge in [0, 0.05) is 6.08 Å². The highest BCUT2D eigenvalue weighted by Gasteiger charge is 2.14. The lowest BCUT2D eigenvalue weighted by Gasteiger charge is -2.20. The molecule has 0 amide bonds. The lowest BCUT2D eigenvalue weighted by atomic mass is 9.86. The fourth-order valence-corrected chi connectivity index (χ4v) is 1.56. The number of carboxylic acids is 1. The first kappa shape index (κ1) is 14.3. The van der Waals surface area contributed by atoms with Crippen LogP contribution in [-0.2, 0) is 10.2 Å². The van der Waals surface area contributed by atoms with E-state index in [1.807, 2.05) is 19.1 Å². The molecule has 0 atom stereocenters. The van der Waals surface area contributed by atoms with E-state index < -0.39 is 5.97 Å². The third kappa shape index (κ3) is 4.24. The Morgan fingerprint density at radius 2 is 2.06 bits per heavy atom. The molecule has 0 heterocycles. The lowest BCUT2D eigenvalue weighted by molar-refractivity contribution is -0.131. The van der Waals surface area contributed by atoms with Gasteiger partial charge in [0.1, 0.15) is 12.4 Å². The smallest absolute Gasteiger partial charge is 0.328 e. The fourth-order valence-electron chi connectivity index (χ4n) is 1.56. The van der Waals surface area contributed by atoms with Crippen molar-refractivity contribution >= 4 is 5.97 Å². The molecule has 3 nitrogen and oxygen atoms in total. The number of carboxylic acid groups (broad SMARTS) is 1. The quantitative estimate of drug-likeness (QED) is 0.831. The van der Waals surface area contributed by atoms with Crippen LogP contribution in [0.2, 0.25) is 0 Å². The molecule has 18 heavy (non-hydrogen) atoms. The summed E-state index contributed by atoms with van der Waals surface area (Å²) in [6.07, 6.45) is 2.57. The maximum atomic E-state index is 10.3. The number of benzene rings is 1. The van der Waals surface area contributed by atoms with Crippen molar-refractivity contribution in [2.24, 2.45) is 0 Å². The molecule has 0 saturated heterocycles. The van der Waals surface area contributed by atoms with E-state index in [1.165, 1.54) is 11.6 Å². The number of aryl methyl sites for hydroxylation is 1. The largest absolute Gasteiger partial charge is 0.489 e. The average Bonchev–Trinajstić information content (AvgIpc) is 2.24. The summed E-state index contributed by atoms with van der Waals surface area (Å²) in [6.45, 7) is 8.75. The van der Waals surface area contributed by atoms with Gasteiger partial charge in [-0.15, -0.1) is 0 Å². The highest BCUT2D eigenvalue weighted by atomic mass is 16.5. The Morgan fingerprint density at radius 1 is 1.39 bits per heavy atom. The molecule has 1 aromatic carbocycles. The van der Waals surface area contributed by atoms with Crippen LogP contribution < -0.4 is 4.74 Å². The maximum absolute atomic E-state index is 10.3. The molecule has 1 N–H and O–H groups in total. The monoisotopic (exact) mass is 248 g/mol. The topological polar surface area (TPSA) is 46.5 Å². The Bertz CT molecular complexity index is 453. The van der Waals surface area contributed by atoms with Crippen LogP contribution >= 0.6 is 0 Å². The van der Waals surface area contributed by atoms with Crippen molar-refractivity contribution in [1.29, 1.82) is 0 Å². The second-order valence-corrected chi connectivity index (χ2v) is 5.28. The minimum Gasteiger partial charge on any atom is -0.489 e. The van der Waals surface area contributed by atoms with Crippen molar-refractivity contribution in [3.05, 3.63) is 41.5 Å². The van der Waals surface area contributed by atoms with Gasteiger partial charge in [-0.1, -0.05) is 32.9 Å². The van der Waals surface area contributed by atoms with Gasteiger partial charge in [0.25, 0.3) is 0 Å². The van der Waals surface area contributed by atoms with Crippen molar-refractivity contribution in [3.63, 3.8) is 0 Å². The van der Waals surface area contributed by atoms with E-state index >= 15 is 0 Å². The molecule has 0 bridgehead atoms. The molecule has 0 fully saturated rings. The molecule has 0 aliphatic rings. The van der Waals surface area contributed by atoms with Crippen molar-refractivity contribution in [2.45, 2.75) is 33.1 Å². The van der Waals surface area contributed by atoms with Crippen LogP contribution in [-0.4, -0.2) is 17.7 Å². The summed E-state index contributed by atoms with van der Waals surface area (Å²) in [4.78, 5) is 10.3. The van der Waals surface area contributed by atoms with E-state index in [4.69, 9.17) is 9.84 Å². The zero-order valence-electron chi connectivity index (χ0n) is 11.4. The predicted molar refractivity (Wildman–Crippen MR) is 72.1 cm³/mol. The number of aliphatic carboxylic acids is 1. The average molecular weight is 248 g/mol. The molecule has 0 radical (unpaired) electrons. The van der Waals surface area contributed by atoms with Crippen molar-refractivity contribution in [2.75, 3.05) is 6.61 Å². The third-order valence-corrected chi connectivity index (χ3v) is 2.64. The fraction of sp³-hybridized carbons (Fsp3) is 0.400. The minimum absolute atomic E-state index is 0.118. The summed E-state index contributed by atoms with van der Waals surface area (Å²) >= 11 is 0. The summed E-state index contributed by atoms with van der Waals surface area (Å²) < 4.78 is 5.50. The van der Waals surface area contributed by atoms with Gasteiger partial charge in [-0.3, -0.25) is 0 Å². The first-order valence-corrected chi connectivity index (χ1v) is 5.94. The van der Waals surface area contributed by atoms with Gasteiger partial charge in [-0.25, -0.2) is 4.79 Å². The Labute approximate surface area is 108 Å². The van der Waals surface area contributed by atoms with Gasteiger partial charge >= 0.3 is 5.97 Å². The summed E-state index contributed by atoms with van der Waals surface area (Å²) in [5.74, 6) is -0.170. The summed E-state index contributed by atoms with van der Waals surface area (Å²) in [5, 5.41) is 8.45. The molecule has 98 valence electrons. The molecule has 0 unspecified atom stereocenters. The van der Waals surface area contributed by atoms with Gasteiger partial charge in [-0.05, 0) is 35.6 Å². The highest BCUT2D eigenvalue weighted by molar-refractivity contribution is 5.79. The number of carbonyl (C=O) groups is 1. The number of hydrogen-bond donors (Lipinski definition) is 1. The minimum atomic E-state index is -0.960.